The van der Waals surface area contributed by atoms with E-state index in [9.17, 15) is 0 Å². The molecule has 0 radical (unpaired) electrons. The Morgan fingerprint density at radius 1 is 1.14 bits per heavy atom. The highest BCUT2D eigenvalue weighted by molar-refractivity contribution is 9.10. The van der Waals surface area contributed by atoms with Crippen LogP contribution in [0.2, 0.25) is 0 Å². The smallest absolute Gasteiger partial charge is 0.220 e. The largest absolute Gasteiger partial charge is 0.437 e. The Balaban J connectivity index is 2.19. The van der Waals surface area contributed by atoms with Crippen molar-refractivity contribution in [3.05, 3.63) is 47.3 Å². The van der Waals surface area contributed by atoms with Crippen molar-refractivity contribution in [3.8, 4) is 11.6 Å². The Hall–Kier alpha value is -1.42. The van der Waals surface area contributed by atoms with Gasteiger partial charge in [-0.2, -0.15) is 0 Å². The van der Waals surface area contributed by atoms with Crippen LogP contribution in [0.1, 0.15) is 0 Å². The molecule has 2 rings (SSSR count). The van der Waals surface area contributed by atoms with Crippen LogP contribution in [0.5, 0.6) is 11.6 Å². The molecule has 3 nitrogen and oxygen atoms in total. The lowest BCUT2D eigenvalue weighted by atomic mass is 10.4. The Kier molecular flexibility index (Phi) is 2.74. The molecule has 0 aromatic carbocycles. The molecule has 0 bridgehead atoms. The van der Waals surface area contributed by atoms with Gasteiger partial charge in [-0.3, -0.25) is 4.98 Å². The quantitative estimate of drug-likeness (QED) is 0.769. The lowest BCUT2D eigenvalue weighted by Crippen LogP contribution is -1.87. The standard InChI is InChI=1S/C10H7BrN2O/c11-9-4-1-5-10(13-9)14-8-3-2-6-12-7-8/h1-7H. The molecule has 0 atom stereocenters. The molecular weight excluding hydrogens is 244 g/mol. The van der Waals surface area contributed by atoms with Crippen LogP contribution in [-0.4, -0.2) is 9.97 Å². The molecule has 0 aliphatic heterocycles. The number of rotatable bonds is 2. The molecule has 4 heteroatoms. The van der Waals surface area contributed by atoms with Crippen molar-refractivity contribution >= 4 is 15.9 Å². The number of hydrogen-bond acceptors (Lipinski definition) is 3. The van der Waals surface area contributed by atoms with Crippen LogP contribution in [0.3, 0.4) is 0 Å². The van der Waals surface area contributed by atoms with Crippen LogP contribution in [0.4, 0.5) is 0 Å². The first kappa shape index (κ1) is 9.15. The van der Waals surface area contributed by atoms with Crippen molar-refractivity contribution in [2.45, 2.75) is 0 Å². The molecule has 0 unspecified atom stereocenters. The van der Waals surface area contributed by atoms with Crippen LogP contribution in [-0.2, 0) is 0 Å². The van der Waals surface area contributed by atoms with Crippen molar-refractivity contribution < 1.29 is 4.74 Å². The van der Waals surface area contributed by atoms with Crippen LogP contribution < -0.4 is 4.74 Å². The summed E-state index contributed by atoms with van der Waals surface area (Å²) in [6.07, 6.45) is 3.34. The zero-order chi connectivity index (χ0) is 9.80. The van der Waals surface area contributed by atoms with Gasteiger partial charge in [0.1, 0.15) is 10.4 Å². The molecule has 0 aliphatic rings. The first-order valence-corrected chi connectivity index (χ1v) is 4.84. The van der Waals surface area contributed by atoms with Gasteiger partial charge < -0.3 is 4.74 Å². The van der Waals surface area contributed by atoms with E-state index in [1.54, 1.807) is 18.5 Å². The highest BCUT2D eigenvalue weighted by atomic mass is 79.9. The number of ether oxygens (including phenoxy) is 1. The molecule has 0 saturated heterocycles. The van der Waals surface area contributed by atoms with Gasteiger partial charge in [-0.25, -0.2) is 4.98 Å². The molecular formula is C10H7BrN2O. The number of halogens is 1. The Bertz CT molecular complexity index is 419. The van der Waals surface area contributed by atoms with E-state index in [1.165, 1.54) is 0 Å². The highest BCUT2D eigenvalue weighted by Gasteiger charge is 1.97. The molecule has 0 saturated carbocycles. The second kappa shape index (κ2) is 4.19. The Morgan fingerprint density at radius 3 is 2.79 bits per heavy atom. The molecule has 0 spiro atoms. The van der Waals surface area contributed by atoms with Crippen molar-refractivity contribution in [1.29, 1.82) is 0 Å². The fraction of sp³-hybridized carbons (Fsp3) is 0. The number of hydrogen-bond donors (Lipinski definition) is 0. The zero-order valence-corrected chi connectivity index (χ0v) is 8.81. The second-order valence-electron chi connectivity index (χ2n) is 2.59. The van der Waals surface area contributed by atoms with Gasteiger partial charge in [0.15, 0.2) is 0 Å². The Labute approximate surface area is 89.9 Å². The van der Waals surface area contributed by atoms with Crippen molar-refractivity contribution in [2.75, 3.05) is 0 Å². The highest BCUT2D eigenvalue weighted by Crippen LogP contribution is 2.19. The van der Waals surface area contributed by atoms with Gasteiger partial charge in [-0.15, -0.1) is 0 Å². The van der Waals surface area contributed by atoms with E-state index >= 15 is 0 Å². The fourth-order valence-electron chi connectivity index (χ4n) is 0.975. The van der Waals surface area contributed by atoms with Crippen LogP contribution in [0.25, 0.3) is 0 Å². The van der Waals surface area contributed by atoms with Crippen LogP contribution >= 0.6 is 15.9 Å². The predicted octanol–water partition coefficient (Wildman–Crippen LogP) is 3.03. The lowest BCUT2D eigenvalue weighted by Gasteiger charge is -2.02. The van der Waals surface area contributed by atoms with Crippen molar-refractivity contribution in [2.24, 2.45) is 0 Å². The van der Waals surface area contributed by atoms with E-state index < -0.39 is 0 Å². The minimum atomic E-state index is 0.548. The lowest BCUT2D eigenvalue weighted by molar-refractivity contribution is 0.460. The fourth-order valence-corrected chi connectivity index (χ4v) is 1.30. The molecule has 2 aromatic rings. The van der Waals surface area contributed by atoms with Gasteiger partial charge in [0.2, 0.25) is 5.88 Å². The van der Waals surface area contributed by atoms with Gasteiger partial charge in [0.05, 0.1) is 6.20 Å². The monoisotopic (exact) mass is 250 g/mol. The van der Waals surface area contributed by atoms with E-state index in [2.05, 4.69) is 25.9 Å². The third-order valence-electron chi connectivity index (χ3n) is 1.55. The first-order valence-electron chi connectivity index (χ1n) is 4.05. The van der Waals surface area contributed by atoms with E-state index in [0.29, 0.717) is 11.6 Å². The van der Waals surface area contributed by atoms with Crippen LogP contribution in [0, 0.1) is 0 Å². The van der Waals surface area contributed by atoms with Crippen LogP contribution in [0.15, 0.2) is 47.3 Å². The Morgan fingerprint density at radius 2 is 2.07 bits per heavy atom. The van der Waals surface area contributed by atoms with Crippen molar-refractivity contribution in [3.63, 3.8) is 0 Å². The normalized spacial score (nSPS) is 9.79. The summed E-state index contributed by atoms with van der Waals surface area (Å²) in [5, 5.41) is 0. The maximum atomic E-state index is 5.46. The summed E-state index contributed by atoms with van der Waals surface area (Å²) in [6.45, 7) is 0. The first-order chi connectivity index (χ1) is 6.84. The van der Waals surface area contributed by atoms with E-state index in [0.717, 1.165) is 4.60 Å². The third kappa shape index (κ3) is 2.29. The summed E-state index contributed by atoms with van der Waals surface area (Å²) in [4.78, 5) is 8.07. The molecule has 0 aliphatic carbocycles. The van der Waals surface area contributed by atoms with E-state index in [1.807, 2.05) is 24.3 Å². The van der Waals surface area contributed by atoms with E-state index in [4.69, 9.17) is 4.74 Å². The number of nitrogens with zero attached hydrogens (tertiary/aromatic N) is 2. The summed E-state index contributed by atoms with van der Waals surface area (Å²) >= 11 is 3.27. The van der Waals surface area contributed by atoms with Gasteiger partial charge in [-0.05, 0) is 34.1 Å². The summed E-state index contributed by atoms with van der Waals surface area (Å²) in [6, 6.07) is 9.14. The number of pyridine rings is 2. The maximum Gasteiger partial charge on any atom is 0.220 e. The molecule has 2 heterocycles. The van der Waals surface area contributed by atoms with Gasteiger partial charge >= 0.3 is 0 Å². The second-order valence-corrected chi connectivity index (χ2v) is 3.40. The molecule has 0 N–H and O–H groups in total. The minimum absolute atomic E-state index is 0.548. The summed E-state index contributed by atoms with van der Waals surface area (Å²) < 4.78 is 6.20. The summed E-state index contributed by atoms with van der Waals surface area (Å²) in [5.41, 5.74) is 0. The SMILES string of the molecule is Brc1cccc(Oc2cccnc2)n1. The predicted molar refractivity (Wildman–Crippen MR) is 56.2 cm³/mol. The van der Waals surface area contributed by atoms with E-state index in [-0.39, 0.29) is 0 Å². The van der Waals surface area contributed by atoms with Gasteiger partial charge in [-0.1, -0.05) is 6.07 Å². The minimum Gasteiger partial charge on any atom is -0.437 e. The average molecular weight is 251 g/mol. The summed E-state index contributed by atoms with van der Waals surface area (Å²) in [5.74, 6) is 1.23. The molecule has 14 heavy (non-hydrogen) atoms. The van der Waals surface area contributed by atoms with Crippen molar-refractivity contribution in [1.82, 2.24) is 9.97 Å². The number of aromatic nitrogens is 2. The van der Waals surface area contributed by atoms with Gasteiger partial charge in [0.25, 0.3) is 0 Å². The average Bonchev–Trinajstić information content (AvgIpc) is 2.19. The topological polar surface area (TPSA) is 35.0 Å². The molecule has 2 aromatic heterocycles. The summed E-state index contributed by atoms with van der Waals surface area (Å²) in [7, 11) is 0. The third-order valence-corrected chi connectivity index (χ3v) is 1.99. The maximum absolute atomic E-state index is 5.46. The van der Waals surface area contributed by atoms with Gasteiger partial charge in [0, 0.05) is 12.3 Å². The molecule has 0 amide bonds. The molecule has 70 valence electrons. The molecule has 0 fully saturated rings. The zero-order valence-electron chi connectivity index (χ0n) is 7.22.